The Morgan fingerprint density at radius 2 is 1.83 bits per heavy atom. The first-order chi connectivity index (χ1) is 11.5. The molecule has 2 rings (SSSR count). The summed E-state index contributed by atoms with van der Waals surface area (Å²) in [7, 11) is 0. The minimum Gasteiger partial charge on any atom is -0.450 e. The van der Waals surface area contributed by atoms with Gasteiger partial charge in [-0.25, -0.2) is 4.79 Å². The highest BCUT2D eigenvalue weighted by Gasteiger charge is 2.12. The van der Waals surface area contributed by atoms with E-state index in [1.165, 1.54) is 0 Å². The van der Waals surface area contributed by atoms with Crippen molar-refractivity contribution in [2.75, 3.05) is 17.7 Å². The van der Waals surface area contributed by atoms with Gasteiger partial charge >= 0.3 is 6.09 Å². The summed E-state index contributed by atoms with van der Waals surface area (Å²) < 4.78 is 4.73. The van der Waals surface area contributed by atoms with Crippen LogP contribution in [-0.4, -0.2) is 23.6 Å². The lowest BCUT2D eigenvalue weighted by Crippen LogP contribution is -2.34. The number of benzene rings is 2. The number of carbonyl (C=O) groups is 2. The van der Waals surface area contributed by atoms with E-state index in [-0.39, 0.29) is 17.5 Å². The Bertz CT molecular complexity index is 763. The van der Waals surface area contributed by atoms with Gasteiger partial charge in [-0.3, -0.25) is 10.1 Å². The third-order valence-electron chi connectivity index (χ3n) is 3.09. The number of nitrogens with two attached hydrogens (primary N) is 1. The summed E-state index contributed by atoms with van der Waals surface area (Å²) in [5.74, 6) is -0.124. The molecule has 0 unspecified atom stereocenters. The van der Waals surface area contributed by atoms with E-state index in [2.05, 4.69) is 10.6 Å². The standard InChI is InChI=1S/C17H17N3O3S/c1-2-23-17(22)20-16(24)19-14-9-8-12(10-13(14)18)15(21)11-6-4-3-5-7-11/h3-10H,2,18H2,1H3,(H2,19,20,22,24). The number of carbonyl (C=O) groups excluding carboxylic acids is 2. The SMILES string of the molecule is CCOC(=O)NC(=S)Nc1ccc(C(=O)c2ccccc2)cc1N. The van der Waals surface area contributed by atoms with E-state index >= 15 is 0 Å². The highest BCUT2D eigenvalue weighted by molar-refractivity contribution is 7.80. The van der Waals surface area contributed by atoms with Gasteiger partial charge in [0.15, 0.2) is 10.9 Å². The van der Waals surface area contributed by atoms with Gasteiger partial charge in [0, 0.05) is 11.1 Å². The molecule has 1 amide bonds. The number of ketones is 1. The molecule has 0 aliphatic heterocycles. The van der Waals surface area contributed by atoms with Crippen molar-refractivity contribution >= 4 is 40.6 Å². The predicted octanol–water partition coefficient (Wildman–Crippen LogP) is 2.94. The third kappa shape index (κ3) is 4.53. The van der Waals surface area contributed by atoms with Crippen LogP contribution in [0.3, 0.4) is 0 Å². The van der Waals surface area contributed by atoms with E-state index in [0.29, 0.717) is 22.5 Å². The van der Waals surface area contributed by atoms with E-state index in [1.807, 2.05) is 6.07 Å². The summed E-state index contributed by atoms with van der Waals surface area (Å²) >= 11 is 5.00. The number of anilines is 2. The van der Waals surface area contributed by atoms with Crippen molar-refractivity contribution < 1.29 is 14.3 Å². The zero-order valence-corrected chi connectivity index (χ0v) is 13.9. The van der Waals surface area contributed by atoms with E-state index < -0.39 is 6.09 Å². The molecule has 24 heavy (non-hydrogen) atoms. The third-order valence-corrected chi connectivity index (χ3v) is 3.29. The molecular formula is C17H17N3O3S. The maximum atomic E-state index is 12.4. The van der Waals surface area contributed by atoms with Crippen LogP contribution in [0.25, 0.3) is 0 Å². The smallest absolute Gasteiger partial charge is 0.413 e. The largest absolute Gasteiger partial charge is 0.450 e. The number of alkyl carbamates (subject to hydrolysis) is 1. The molecule has 0 aromatic heterocycles. The second-order valence-electron chi connectivity index (χ2n) is 4.80. The predicted molar refractivity (Wildman–Crippen MR) is 97.1 cm³/mol. The van der Waals surface area contributed by atoms with Gasteiger partial charge in [0.2, 0.25) is 0 Å². The van der Waals surface area contributed by atoms with Gasteiger partial charge in [-0.2, -0.15) is 0 Å². The van der Waals surface area contributed by atoms with Crippen LogP contribution in [0.5, 0.6) is 0 Å². The minimum absolute atomic E-state index is 0.0577. The highest BCUT2D eigenvalue weighted by atomic mass is 32.1. The molecule has 0 saturated heterocycles. The van der Waals surface area contributed by atoms with Crippen LogP contribution in [0.1, 0.15) is 22.8 Å². The van der Waals surface area contributed by atoms with Gasteiger partial charge in [0.1, 0.15) is 0 Å². The van der Waals surface area contributed by atoms with Gasteiger partial charge in [-0.1, -0.05) is 30.3 Å². The number of nitrogens with one attached hydrogen (secondary N) is 2. The van der Waals surface area contributed by atoms with Crippen LogP contribution in [0.2, 0.25) is 0 Å². The number of hydrogen-bond acceptors (Lipinski definition) is 5. The maximum absolute atomic E-state index is 12.4. The maximum Gasteiger partial charge on any atom is 0.413 e. The Morgan fingerprint density at radius 1 is 1.12 bits per heavy atom. The summed E-state index contributed by atoms with van der Waals surface area (Å²) in [5.41, 5.74) is 7.83. The minimum atomic E-state index is -0.649. The van der Waals surface area contributed by atoms with Crippen LogP contribution >= 0.6 is 12.2 Å². The molecule has 0 aliphatic rings. The first kappa shape index (κ1) is 17.4. The number of nitrogen functional groups attached to an aromatic ring is 1. The molecule has 2 aromatic rings. The topological polar surface area (TPSA) is 93.5 Å². The fourth-order valence-corrected chi connectivity index (χ4v) is 2.18. The molecule has 0 spiro atoms. The Hall–Kier alpha value is -2.93. The van der Waals surface area contributed by atoms with E-state index in [0.717, 1.165) is 0 Å². The Balaban J connectivity index is 2.08. The number of hydrogen-bond donors (Lipinski definition) is 3. The first-order valence-electron chi connectivity index (χ1n) is 7.25. The molecule has 0 fully saturated rings. The van der Waals surface area contributed by atoms with Gasteiger partial charge in [0.25, 0.3) is 0 Å². The number of amides is 1. The van der Waals surface area contributed by atoms with Crippen molar-refractivity contribution in [3.05, 3.63) is 59.7 Å². The van der Waals surface area contributed by atoms with Crippen molar-refractivity contribution in [2.24, 2.45) is 0 Å². The summed E-state index contributed by atoms with van der Waals surface area (Å²) in [4.78, 5) is 23.7. The van der Waals surface area contributed by atoms with Crippen molar-refractivity contribution in [3.8, 4) is 0 Å². The second-order valence-corrected chi connectivity index (χ2v) is 5.21. The average Bonchev–Trinajstić information content (AvgIpc) is 2.57. The highest BCUT2D eigenvalue weighted by Crippen LogP contribution is 2.21. The van der Waals surface area contributed by atoms with Crippen molar-refractivity contribution in [1.29, 1.82) is 0 Å². The quantitative estimate of drug-likeness (QED) is 0.449. The lowest BCUT2D eigenvalue weighted by Gasteiger charge is -2.12. The molecular weight excluding hydrogens is 326 g/mol. The zero-order valence-electron chi connectivity index (χ0n) is 13.0. The lowest BCUT2D eigenvalue weighted by molar-refractivity contribution is 0.103. The molecule has 4 N–H and O–H groups in total. The van der Waals surface area contributed by atoms with Gasteiger partial charge < -0.3 is 15.8 Å². The summed E-state index contributed by atoms with van der Waals surface area (Å²) in [5, 5.41) is 5.20. The van der Waals surface area contributed by atoms with Crippen LogP contribution < -0.4 is 16.4 Å². The second kappa shape index (κ2) is 8.07. The fourth-order valence-electron chi connectivity index (χ4n) is 1.99. The van der Waals surface area contributed by atoms with Gasteiger partial charge in [-0.05, 0) is 37.3 Å². The summed E-state index contributed by atoms with van der Waals surface area (Å²) in [6, 6.07) is 13.7. The van der Waals surface area contributed by atoms with Crippen molar-refractivity contribution in [3.63, 3.8) is 0 Å². The van der Waals surface area contributed by atoms with Gasteiger partial charge in [0.05, 0.1) is 18.0 Å². The molecule has 2 aromatic carbocycles. The molecule has 0 saturated carbocycles. The Kier molecular flexibility index (Phi) is 5.86. The first-order valence-corrected chi connectivity index (χ1v) is 7.66. The Morgan fingerprint density at radius 3 is 2.46 bits per heavy atom. The molecule has 0 bridgehead atoms. The van der Waals surface area contributed by atoms with Gasteiger partial charge in [-0.15, -0.1) is 0 Å². The Labute approximate surface area is 145 Å². The van der Waals surface area contributed by atoms with Crippen LogP contribution in [0.4, 0.5) is 16.2 Å². The van der Waals surface area contributed by atoms with Crippen LogP contribution in [0, 0.1) is 0 Å². The normalized spacial score (nSPS) is 9.88. The summed E-state index contributed by atoms with van der Waals surface area (Å²) in [6.45, 7) is 1.93. The molecule has 6 nitrogen and oxygen atoms in total. The molecule has 0 radical (unpaired) electrons. The molecule has 0 aliphatic carbocycles. The van der Waals surface area contributed by atoms with Crippen molar-refractivity contribution in [2.45, 2.75) is 6.92 Å². The van der Waals surface area contributed by atoms with Crippen LogP contribution in [0.15, 0.2) is 48.5 Å². The fraction of sp³-hybridized carbons (Fsp3) is 0.118. The molecule has 7 heteroatoms. The van der Waals surface area contributed by atoms with Crippen molar-refractivity contribution in [1.82, 2.24) is 5.32 Å². The number of thiocarbonyl (C=S) groups is 1. The number of rotatable bonds is 4. The zero-order chi connectivity index (χ0) is 17.5. The van der Waals surface area contributed by atoms with E-state index in [1.54, 1.807) is 49.4 Å². The summed E-state index contributed by atoms with van der Waals surface area (Å²) in [6.07, 6.45) is -0.649. The molecule has 0 heterocycles. The van der Waals surface area contributed by atoms with E-state index in [9.17, 15) is 9.59 Å². The van der Waals surface area contributed by atoms with Crippen LogP contribution in [-0.2, 0) is 4.74 Å². The average molecular weight is 343 g/mol. The monoisotopic (exact) mass is 343 g/mol. The lowest BCUT2D eigenvalue weighted by atomic mass is 10.0. The molecule has 124 valence electrons. The molecule has 0 atom stereocenters. The number of ether oxygens (including phenoxy) is 1. The van der Waals surface area contributed by atoms with E-state index in [4.69, 9.17) is 22.7 Å².